The number of esters is 2. The summed E-state index contributed by atoms with van der Waals surface area (Å²) in [5.74, 6) is -1.19. The van der Waals surface area contributed by atoms with Crippen molar-refractivity contribution in [2.24, 2.45) is 0 Å². The lowest BCUT2D eigenvalue weighted by atomic mass is 10.5. The maximum atomic E-state index is 10.7. The minimum absolute atomic E-state index is 0.0521. The Bertz CT molecular complexity index is 297. The molecule has 0 N–H and O–H groups in total. The predicted octanol–water partition coefficient (Wildman–Crippen LogP) is -0.0776. The van der Waals surface area contributed by atoms with Crippen LogP contribution >= 0.6 is 0 Å². The van der Waals surface area contributed by atoms with Crippen LogP contribution in [0.4, 0.5) is 0 Å². The Labute approximate surface area is 98.7 Å². The molecule has 0 aliphatic rings. The summed E-state index contributed by atoms with van der Waals surface area (Å²) in [6.45, 7) is 6.54. The van der Waals surface area contributed by atoms with Crippen molar-refractivity contribution in [3.63, 3.8) is 0 Å². The number of nitriles is 1. The van der Waals surface area contributed by atoms with Crippen LogP contribution in [0.25, 0.3) is 4.85 Å². The number of ether oxygens (including phenoxy) is 3. The van der Waals surface area contributed by atoms with Crippen molar-refractivity contribution in [2.75, 3.05) is 33.0 Å². The van der Waals surface area contributed by atoms with Crippen molar-refractivity contribution in [3.05, 3.63) is 11.4 Å². The summed E-state index contributed by atoms with van der Waals surface area (Å²) in [7, 11) is 0. The predicted molar refractivity (Wildman–Crippen MR) is 54.4 cm³/mol. The van der Waals surface area contributed by atoms with Crippen molar-refractivity contribution in [1.82, 2.24) is 0 Å². The second-order valence-corrected chi connectivity index (χ2v) is 2.70. The number of nitrogens with zero attached hydrogens (tertiary/aromatic N) is 2. The third-order valence-electron chi connectivity index (χ3n) is 1.41. The molecule has 0 bridgehead atoms. The van der Waals surface area contributed by atoms with Crippen LogP contribution in [0.3, 0.4) is 0 Å². The van der Waals surface area contributed by atoms with Gasteiger partial charge in [0.2, 0.25) is 0 Å². The van der Waals surface area contributed by atoms with E-state index in [1.807, 2.05) is 0 Å². The number of rotatable bonds is 8. The van der Waals surface area contributed by atoms with Crippen molar-refractivity contribution >= 4 is 11.9 Å². The van der Waals surface area contributed by atoms with Gasteiger partial charge in [0, 0.05) is 0 Å². The zero-order valence-corrected chi connectivity index (χ0v) is 9.18. The van der Waals surface area contributed by atoms with Gasteiger partial charge >= 0.3 is 18.5 Å². The van der Waals surface area contributed by atoms with Gasteiger partial charge in [-0.1, -0.05) is 0 Å². The third kappa shape index (κ3) is 10.2. The van der Waals surface area contributed by atoms with Gasteiger partial charge in [0.1, 0.15) is 19.6 Å². The maximum absolute atomic E-state index is 10.7. The van der Waals surface area contributed by atoms with Crippen LogP contribution in [0.5, 0.6) is 0 Å². The first-order valence-electron chi connectivity index (χ1n) is 4.80. The van der Waals surface area contributed by atoms with Gasteiger partial charge in [0.15, 0.2) is 0 Å². The molecule has 0 spiro atoms. The first-order valence-corrected chi connectivity index (χ1v) is 4.80. The lowest BCUT2D eigenvalue weighted by Gasteiger charge is -2.04. The van der Waals surface area contributed by atoms with E-state index in [9.17, 15) is 9.59 Å². The normalized spacial score (nSPS) is 8.82. The standard InChI is InChI=1S/C10H12N2O5/c1-12-8-10(14)17-7-5-15-4-6-16-9(13)2-3-11/h2,4-8H2. The number of hydrogen-bond acceptors (Lipinski definition) is 6. The van der Waals surface area contributed by atoms with E-state index >= 15 is 0 Å². The van der Waals surface area contributed by atoms with Crippen LogP contribution in [-0.2, 0) is 23.8 Å². The van der Waals surface area contributed by atoms with Gasteiger partial charge in [0.05, 0.1) is 19.3 Å². The lowest BCUT2D eigenvalue weighted by Crippen LogP contribution is -2.15. The van der Waals surface area contributed by atoms with Gasteiger partial charge in [-0.25, -0.2) is 11.4 Å². The van der Waals surface area contributed by atoms with Crippen LogP contribution in [0.1, 0.15) is 6.42 Å². The van der Waals surface area contributed by atoms with Crippen LogP contribution < -0.4 is 0 Å². The van der Waals surface area contributed by atoms with Crippen molar-refractivity contribution < 1.29 is 23.8 Å². The van der Waals surface area contributed by atoms with E-state index < -0.39 is 11.9 Å². The van der Waals surface area contributed by atoms with Gasteiger partial charge < -0.3 is 19.1 Å². The summed E-state index contributed by atoms with van der Waals surface area (Å²) < 4.78 is 14.2. The molecule has 0 saturated heterocycles. The van der Waals surface area contributed by atoms with E-state index in [0.29, 0.717) is 0 Å². The van der Waals surface area contributed by atoms with E-state index in [-0.39, 0.29) is 39.4 Å². The average molecular weight is 240 g/mol. The highest BCUT2D eigenvalue weighted by Gasteiger charge is 2.04. The smallest absolute Gasteiger partial charge is 0.387 e. The largest absolute Gasteiger partial charge is 0.462 e. The average Bonchev–Trinajstić information content (AvgIpc) is 2.28. The topological polar surface area (TPSA) is 90.0 Å². The molecular formula is C10H12N2O5. The quantitative estimate of drug-likeness (QED) is 0.335. The van der Waals surface area contributed by atoms with Crippen molar-refractivity contribution in [3.8, 4) is 6.07 Å². The minimum atomic E-state index is -0.598. The molecule has 0 fully saturated rings. The Morgan fingerprint density at radius 1 is 1.12 bits per heavy atom. The molecule has 7 nitrogen and oxygen atoms in total. The summed E-state index contributed by atoms with van der Waals surface area (Å²) in [6.07, 6.45) is -0.283. The Kier molecular flexibility index (Phi) is 9.10. The molecule has 0 unspecified atom stereocenters. The highest BCUT2D eigenvalue weighted by atomic mass is 16.6. The number of carbonyl (C=O) groups excluding carboxylic acids is 2. The number of carbonyl (C=O) groups is 2. The minimum Gasteiger partial charge on any atom is -0.462 e. The fourth-order valence-electron chi connectivity index (χ4n) is 0.757. The SMILES string of the molecule is [C-]#[N+]CC(=O)OCCOCCOC(=O)CC#N. The summed E-state index contributed by atoms with van der Waals surface area (Å²) in [5.41, 5.74) is 0. The Morgan fingerprint density at radius 2 is 1.71 bits per heavy atom. The lowest BCUT2D eigenvalue weighted by molar-refractivity contribution is -0.144. The molecule has 17 heavy (non-hydrogen) atoms. The fourth-order valence-corrected chi connectivity index (χ4v) is 0.757. The first-order chi connectivity index (χ1) is 8.20. The van der Waals surface area contributed by atoms with Crippen LogP contribution in [0.2, 0.25) is 0 Å². The third-order valence-corrected chi connectivity index (χ3v) is 1.41. The molecule has 7 heteroatoms. The molecule has 0 heterocycles. The van der Waals surface area contributed by atoms with Gasteiger partial charge in [-0.2, -0.15) is 5.26 Å². The Balaban J connectivity index is 3.25. The van der Waals surface area contributed by atoms with Gasteiger partial charge in [-0.15, -0.1) is 0 Å². The second kappa shape index (κ2) is 10.4. The summed E-state index contributed by atoms with van der Waals surface area (Å²) in [6, 6.07) is 1.66. The molecule has 0 saturated carbocycles. The van der Waals surface area contributed by atoms with Crippen molar-refractivity contribution in [1.29, 1.82) is 5.26 Å². The molecule has 0 atom stereocenters. The zero-order valence-electron chi connectivity index (χ0n) is 9.18. The molecule has 0 aromatic rings. The molecule has 0 radical (unpaired) electrons. The van der Waals surface area contributed by atoms with Crippen LogP contribution in [0.15, 0.2) is 0 Å². The highest BCUT2D eigenvalue weighted by molar-refractivity contribution is 5.73. The molecular weight excluding hydrogens is 228 g/mol. The Hall–Kier alpha value is -2.12. The van der Waals surface area contributed by atoms with Crippen molar-refractivity contribution in [2.45, 2.75) is 6.42 Å². The monoisotopic (exact) mass is 240 g/mol. The van der Waals surface area contributed by atoms with Crippen LogP contribution in [0, 0.1) is 17.9 Å². The molecule has 0 aromatic heterocycles. The van der Waals surface area contributed by atoms with Gasteiger partial charge in [-0.3, -0.25) is 4.79 Å². The first kappa shape index (κ1) is 14.9. The summed E-state index contributed by atoms with van der Waals surface area (Å²) >= 11 is 0. The molecule has 0 amide bonds. The summed E-state index contributed by atoms with van der Waals surface area (Å²) in [4.78, 5) is 24.2. The van der Waals surface area contributed by atoms with E-state index in [2.05, 4.69) is 14.3 Å². The van der Waals surface area contributed by atoms with E-state index in [4.69, 9.17) is 16.6 Å². The van der Waals surface area contributed by atoms with Crippen LogP contribution in [-0.4, -0.2) is 44.9 Å². The molecule has 0 aliphatic carbocycles. The fraction of sp³-hybridized carbons (Fsp3) is 0.600. The molecule has 0 rings (SSSR count). The Morgan fingerprint density at radius 3 is 2.24 bits per heavy atom. The second-order valence-electron chi connectivity index (χ2n) is 2.70. The summed E-state index contributed by atoms with van der Waals surface area (Å²) in [5, 5.41) is 8.15. The molecule has 92 valence electrons. The maximum Gasteiger partial charge on any atom is 0.387 e. The zero-order chi connectivity index (χ0) is 12.9. The van der Waals surface area contributed by atoms with E-state index in [0.717, 1.165) is 0 Å². The van der Waals surface area contributed by atoms with E-state index in [1.54, 1.807) is 6.07 Å². The number of hydrogen-bond donors (Lipinski definition) is 0. The molecule has 0 aromatic carbocycles. The highest BCUT2D eigenvalue weighted by Crippen LogP contribution is 1.86. The van der Waals surface area contributed by atoms with E-state index in [1.165, 1.54) is 0 Å². The van der Waals surface area contributed by atoms with Gasteiger partial charge in [0.25, 0.3) is 0 Å². The van der Waals surface area contributed by atoms with Gasteiger partial charge in [-0.05, 0) is 0 Å². The molecule has 0 aliphatic heterocycles.